The molecule has 0 spiro atoms. The van der Waals surface area contributed by atoms with E-state index in [1.165, 1.54) is 12.1 Å². The second-order valence-electron chi connectivity index (χ2n) is 3.01. The average molecular weight is 225 g/mol. The summed E-state index contributed by atoms with van der Waals surface area (Å²) < 4.78 is 15.0. The van der Waals surface area contributed by atoms with E-state index in [4.69, 9.17) is 12.2 Å². The van der Waals surface area contributed by atoms with Gasteiger partial charge in [-0.05, 0) is 36.5 Å². The number of aromatic nitrogens is 3. The molecular weight excluding hydrogens is 215 g/mol. The second kappa shape index (κ2) is 3.92. The van der Waals surface area contributed by atoms with E-state index in [1.54, 1.807) is 16.7 Å². The second-order valence-corrected chi connectivity index (χ2v) is 3.39. The number of nitrogens with zero attached hydrogens (tertiary/aromatic N) is 2. The molecule has 0 bridgehead atoms. The molecule has 0 unspecified atom stereocenters. The Morgan fingerprint density at radius 3 is 2.67 bits per heavy atom. The van der Waals surface area contributed by atoms with Gasteiger partial charge in [0.1, 0.15) is 12.4 Å². The van der Waals surface area contributed by atoms with Crippen molar-refractivity contribution in [3.8, 4) is 5.69 Å². The zero-order valence-electron chi connectivity index (χ0n) is 7.90. The largest absolute Gasteiger partial charge is 0.351 e. The van der Waals surface area contributed by atoms with Crippen LogP contribution in [0.25, 0.3) is 5.69 Å². The average Bonchev–Trinajstić information content (AvgIpc) is 2.61. The topological polar surface area (TPSA) is 61.2 Å². The van der Waals surface area contributed by atoms with Crippen molar-refractivity contribution in [3.63, 3.8) is 0 Å². The summed E-state index contributed by atoms with van der Waals surface area (Å²) in [5.74, 6) is 0.455. The number of H-pyrrole nitrogens is 1. The minimum atomic E-state index is -0.273. The molecule has 0 aliphatic carbocycles. The molecule has 0 atom stereocenters. The summed E-state index contributed by atoms with van der Waals surface area (Å²) in [6.45, 7) is 0.518. The number of nitrogens with one attached hydrogen (secondary N) is 1. The summed E-state index contributed by atoms with van der Waals surface area (Å²) in [7, 11) is 0. The van der Waals surface area contributed by atoms with Crippen LogP contribution in [0.2, 0.25) is 0 Å². The molecule has 4 N–H and O–H groups in total. The summed E-state index contributed by atoms with van der Waals surface area (Å²) in [6, 6.07) is 6.08. The first-order valence-corrected chi connectivity index (χ1v) is 4.84. The fourth-order valence-electron chi connectivity index (χ4n) is 1.35. The van der Waals surface area contributed by atoms with E-state index in [-0.39, 0.29) is 5.82 Å². The van der Waals surface area contributed by atoms with Crippen molar-refractivity contribution in [2.45, 2.75) is 6.54 Å². The highest BCUT2D eigenvalue weighted by Crippen LogP contribution is 2.11. The molecule has 0 radical (unpaired) electrons. The highest BCUT2D eigenvalue weighted by molar-refractivity contribution is 7.71. The highest BCUT2D eigenvalue weighted by atomic mass is 32.1. The van der Waals surface area contributed by atoms with Gasteiger partial charge >= 0.3 is 0 Å². The maximum atomic E-state index is 12.7. The number of hydrogen-bond acceptors (Lipinski definition) is 2. The van der Waals surface area contributed by atoms with Crippen LogP contribution in [0.1, 0.15) is 5.82 Å². The van der Waals surface area contributed by atoms with Crippen molar-refractivity contribution in [1.29, 1.82) is 0 Å². The van der Waals surface area contributed by atoms with Gasteiger partial charge < -0.3 is 5.73 Å². The molecule has 0 aliphatic heterocycles. The van der Waals surface area contributed by atoms with Crippen molar-refractivity contribution in [3.05, 3.63) is 40.7 Å². The van der Waals surface area contributed by atoms with Gasteiger partial charge in [0.25, 0.3) is 0 Å². The first-order valence-electron chi connectivity index (χ1n) is 4.44. The van der Waals surface area contributed by atoms with Crippen molar-refractivity contribution >= 4 is 12.2 Å². The first-order chi connectivity index (χ1) is 7.22. The number of quaternary nitrogens is 1. The van der Waals surface area contributed by atoms with Gasteiger partial charge in [0.15, 0.2) is 10.6 Å². The molecular formula is C9H10FN4S+. The van der Waals surface area contributed by atoms with Gasteiger partial charge in [0.05, 0.1) is 5.69 Å². The van der Waals surface area contributed by atoms with Crippen molar-refractivity contribution < 1.29 is 10.1 Å². The Bertz CT molecular complexity index is 514. The monoisotopic (exact) mass is 225 g/mol. The third-order valence-corrected chi connectivity index (χ3v) is 2.32. The molecule has 15 heavy (non-hydrogen) atoms. The lowest BCUT2D eigenvalue weighted by Crippen LogP contribution is -2.48. The van der Waals surface area contributed by atoms with Crippen LogP contribution in [-0.2, 0) is 6.54 Å². The van der Waals surface area contributed by atoms with Crippen LogP contribution < -0.4 is 5.73 Å². The predicted octanol–water partition coefficient (Wildman–Crippen LogP) is 0.811. The van der Waals surface area contributed by atoms with E-state index in [1.807, 2.05) is 0 Å². The van der Waals surface area contributed by atoms with Crippen LogP contribution in [-0.4, -0.2) is 14.8 Å². The van der Waals surface area contributed by atoms with Crippen LogP contribution in [0, 0.1) is 10.6 Å². The maximum absolute atomic E-state index is 12.7. The molecule has 1 heterocycles. The molecule has 0 fully saturated rings. The normalized spacial score (nSPS) is 10.5. The SMILES string of the molecule is [NH3+]Cc1n[nH]c(=S)n1-c1ccc(F)cc1. The molecule has 78 valence electrons. The lowest BCUT2D eigenvalue weighted by molar-refractivity contribution is -0.388. The number of aromatic amines is 1. The highest BCUT2D eigenvalue weighted by Gasteiger charge is 2.07. The Hall–Kier alpha value is -1.53. The van der Waals surface area contributed by atoms with Crippen LogP contribution in [0.3, 0.4) is 0 Å². The van der Waals surface area contributed by atoms with E-state index in [0.717, 1.165) is 11.5 Å². The van der Waals surface area contributed by atoms with Gasteiger partial charge in [-0.1, -0.05) is 0 Å². The van der Waals surface area contributed by atoms with Gasteiger partial charge in [-0.3, -0.25) is 9.67 Å². The lowest BCUT2D eigenvalue weighted by atomic mass is 10.3. The van der Waals surface area contributed by atoms with Crippen molar-refractivity contribution in [2.75, 3.05) is 0 Å². The molecule has 1 aromatic heterocycles. The first kappa shape index (κ1) is 10.0. The number of halogens is 1. The molecule has 0 amide bonds. The van der Waals surface area contributed by atoms with Gasteiger partial charge in [-0.25, -0.2) is 4.39 Å². The van der Waals surface area contributed by atoms with E-state index in [9.17, 15) is 4.39 Å². The van der Waals surface area contributed by atoms with E-state index < -0.39 is 0 Å². The molecule has 2 rings (SSSR count). The zero-order valence-corrected chi connectivity index (χ0v) is 8.72. The number of rotatable bonds is 2. The van der Waals surface area contributed by atoms with Crippen molar-refractivity contribution in [2.24, 2.45) is 0 Å². The fraction of sp³-hybridized carbons (Fsp3) is 0.111. The smallest absolute Gasteiger partial charge is 0.200 e. The summed E-state index contributed by atoms with van der Waals surface area (Å²) >= 11 is 5.08. The lowest BCUT2D eigenvalue weighted by Gasteiger charge is -2.03. The quantitative estimate of drug-likeness (QED) is 0.743. The molecule has 4 nitrogen and oxygen atoms in total. The van der Waals surface area contributed by atoms with Crippen LogP contribution in [0.4, 0.5) is 4.39 Å². The third-order valence-electron chi connectivity index (χ3n) is 2.05. The van der Waals surface area contributed by atoms with E-state index in [0.29, 0.717) is 11.3 Å². The summed E-state index contributed by atoms with van der Waals surface area (Å²) in [4.78, 5) is 0. The Morgan fingerprint density at radius 1 is 1.40 bits per heavy atom. The third kappa shape index (κ3) is 1.81. The Balaban J connectivity index is 2.57. The zero-order chi connectivity index (χ0) is 10.8. The molecule has 0 aliphatic rings. The molecule has 2 aromatic rings. The summed E-state index contributed by atoms with van der Waals surface area (Å²) in [6.07, 6.45) is 0. The molecule has 0 saturated carbocycles. The van der Waals surface area contributed by atoms with Crippen molar-refractivity contribution in [1.82, 2.24) is 14.8 Å². The number of hydrogen-bond donors (Lipinski definition) is 2. The van der Waals surface area contributed by atoms with E-state index in [2.05, 4.69) is 15.9 Å². The summed E-state index contributed by atoms with van der Waals surface area (Å²) in [5.41, 5.74) is 4.54. The van der Waals surface area contributed by atoms with Gasteiger partial charge in [0.2, 0.25) is 0 Å². The van der Waals surface area contributed by atoms with Crippen LogP contribution >= 0.6 is 12.2 Å². The van der Waals surface area contributed by atoms with Gasteiger partial charge in [-0.2, -0.15) is 5.10 Å². The molecule has 1 aromatic carbocycles. The van der Waals surface area contributed by atoms with Gasteiger partial charge in [0, 0.05) is 0 Å². The minimum Gasteiger partial charge on any atom is -0.351 e. The Morgan fingerprint density at radius 2 is 2.07 bits per heavy atom. The van der Waals surface area contributed by atoms with Crippen LogP contribution in [0.15, 0.2) is 24.3 Å². The standard InChI is InChI=1S/C9H9FN4S/c10-6-1-3-7(4-2-6)14-8(5-11)12-13-9(14)15/h1-4H,5,11H2,(H,13,15)/p+1. The maximum Gasteiger partial charge on any atom is 0.200 e. The summed E-state index contributed by atoms with van der Waals surface area (Å²) in [5, 5.41) is 6.71. The van der Waals surface area contributed by atoms with Crippen LogP contribution in [0.5, 0.6) is 0 Å². The fourth-order valence-corrected chi connectivity index (χ4v) is 1.61. The Kier molecular flexibility index (Phi) is 2.61. The molecule has 6 heteroatoms. The number of benzene rings is 1. The van der Waals surface area contributed by atoms with E-state index >= 15 is 0 Å². The Labute approximate surface area is 90.5 Å². The predicted molar refractivity (Wildman–Crippen MR) is 55.3 cm³/mol. The minimum absolute atomic E-state index is 0.273. The molecule has 0 saturated heterocycles. The van der Waals surface area contributed by atoms with Gasteiger partial charge in [-0.15, -0.1) is 0 Å².